The molecule has 9 nitrogen and oxygen atoms in total. The van der Waals surface area contributed by atoms with Gasteiger partial charge < -0.3 is 35.1 Å². The number of carbonyl (C=O) groups excluding carboxylic acids is 2. The molecule has 4 N–H and O–H groups in total. The van der Waals surface area contributed by atoms with Gasteiger partial charge in [-0.1, -0.05) is 46.8 Å². The van der Waals surface area contributed by atoms with Crippen LogP contribution in [0.1, 0.15) is 160 Å². The third kappa shape index (κ3) is 8.25. The van der Waals surface area contributed by atoms with Crippen LogP contribution in [0.2, 0.25) is 0 Å². The first-order chi connectivity index (χ1) is 26.0. The van der Waals surface area contributed by atoms with Crippen molar-refractivity contribution in [2.75, 3.05) is 0 Å². The molecule has 1 aliphatic heterocycles. The van der Waals surface area contributed by atoms with Gasteiger partial charge in [-0.3, -0.25) is 4.79 Å². The SMILES string of the molecule is CC(C)(C)OC(=O)N[C@@H](Cc1ccc(OC(C)(C)C)cc1)C(=O)N[C@H]1CC[C@]2(C)[C@H]3C[C@@H](O)[C@@H]4[C@@H]([C@]5(C)CC[C@@H](C(C)(C)O)O5)CC[C@@]4(C)[C@]3(C)CC[C@H]2C1(C)C. The number of carbonyl (C=O) groups is 2. The van der Waals surface area contributed by atoms with Gasteiger partial charge in [-0.15, -0.1) is 0 Å². The normalized spacial score (nSPS) is 39.6. The fourth-order valence-electron chi connectivity index (χ4n) is 13.6. The number of amides is 2. The highest BCUT2D eigenvalue weighted by molar-refractivity contribution is 5.86. The topological polar surface area (TPSA) is 126 Å². The molecule has 2 amide bonds. The summed E-state index contributed by atoms with van der Waals surface area (Å²) < 4.78 is 18.4. The minimum absolute atomic E-state index is 0.00438. The van der Waals surface area contributed by atoms with Gasteiger partial charge in [-0.05, 0) is 183 Å². The van der Waals surface area contributed by atoms with Crippen LogP contribution in [-0.2, 0) is 20.7 Å². The monoisotopic (exact) mass is 795 g/mol. The van der Waals surface area contributed by atoms with Crippen molar-refractivity contribution in [3.8, 4) is 5.75 Å². The summed E-state index contributed by atoms with van der Waals surface area (Å²) in [5.74, 6) is 1.67. The van der Waals surface area contributed by atoms with Crippen molar-refractivity contribution in [3.63, 3.8) is 0 Å². The Morgan fingerprint density at radius 3 is 2.04 bits per heavy atom. The van der Waals surface area contributed by atoms with Gasteiger partial charge in [0.1, 0.15) is 23.0 Å². The molecular formula is C48H78N2O7. The van der Waals surface area contributed by atoms with E-state index in [9.17, 15) is 19.8 Å². The van der Waals surface area contributed by atoms with E-state index in [1.807, 2.05) is 79.7 Å². The molecule has 1 heterocycles. The molecule has 4 saturated carbocycles. The van der Waals surface area contributed by atoms with Crippen LogP contribution in [0.25, 0.3) is 0 Å². The van der Waals surface area contributed by atoms with Crippen molar-refractivity contribution in [1.82, 2.24) is 10.6 Å². The number of nitrogens with one attached hydrogen (secondary N) is 2. The second-order valence-corrected chi connectivity index (χ2v) is 23.3. The molecule has 4 aliphatic carbocycles. The quantitative estimate of drug-likeness (QED) is 0.207. The Morgan fingerprint density at radius 2 is 1.46 bits per heavy atom. The standard InChI is InChI=1S/C48H78N2O7/c1-41(2,3)55-30-17-15-29(16-18-30)27-32(49-40(53)57-42(4,5)6)39(52)50-36-21-23-45(11)34(43(36,7)8)20-25-46(12)35(45)28-33(51)38-31(19-24-47(38,46)13)48(14)26-22-37(56-48)44(9,10)54/h15-18,31-38,51,54H,19-28H2,1-14H3,(H,49,53)(H,50,52)/t31-,32-,33+,34-,35+,36-,37-,38-,45-,46+,47+,48-/m0/s1. The highest BCUT2D eigenvalue weighted by atomic mass is 16.6. The Bertz CT molecular complexity index is 1640. The Balaban J connectivity index is 1.20. The fourth-order valence-corrected chi connectivity index (χ4v) is 13.6. The first-order valence-corrected chi connectivity index (χ1v) is 22.2. The van der Waals surface area contributed by atoms with E-state index in [1.165, 1.54) is 0 Å². The number of rotatable bonds is 8. The number of hydrogen-bond donors (Lipinski definition) is 4. The van der Waals surface area contributed by atoms with Crippen molar-refractivity contribution in [2.45, 2.75) is 208 Å². The maximum atomic E-state index is 14.4. The molecule has 57 heavy (non-hydrogen) atoms. The third-order valence-corrected chi connectivity index (χ3v) is 16.4. The summed E-state index contributed by atoms with van der Waals surface area (Å²) in [7, 11) is 0. The maximum Gasteiger partial charge on any atom is 0.408 e. The van der Waals surface area contributed by atoms with Gasteiger partial charge in [0.2, 0.25) is 5.91 Å². The minimum Gasteiger partial charge on any atom is -0.488 e. The average Bonchev–Trinajstić information content (AvgIpc) is 3.65. The number of aliphatic hydroxyl groups is 2. The molecule has 1 saturated heterocycles. The molecule has 6 rings (SSSR count). The van der Waals surface area contributed by atoms with Gasteiger partial charge >= 0.3 is 6.09 Å². The Kier molecular flexibility index (Phi) is 11.4. The summed E-state index contributed by atoms with van der Waals surface area (Å²) in [5.41, 5.74) is -1.54. The molecule has 0 spiro atoms. The van der Waals surface area contributed by atoms with Crippen LogP contribution in [0.5, 0.6) is 5.75 Å². The zero-order chi connectivity index (χ0) is 42.4. The lowest BCUT2D eigenvalue weighted by molar-refractivity contribution is -0.240. The highest BCUT2D eigenvalue weighted by Crippen LogP contribution is 2.76. The summed E-state index contributed by atoms with van der Waals surface area (Å²) >= 11 is 0. The van der Waals surface area contributed by atoms with Crippen LogP contribution < -0.4 is 15.4 Å². The zero-order valence-electron chi connectivity index (χ0n) is 37.9. The van der Waals surface area contributed by atoms with Crippen molar-refractivity contribution < 1.29 is 34.0 Å². The summed E-state index contributed by atoms with van der Waals surface area (Å²) in [6.07, 6.45) is 7.76. The molecule has 0 radical (unpaired) electrons. The lowest BCUT2D eigenvalue weighted by Gasteiger charge is -2.71. The van der Waals surface area contributed by atoms with E-state index in [-0.39, 0.29) is 62.8 Å². The van der Waals surface area contributed by atoms with Crippen molar-refractivity contribution in [3.05, 3.63) is 29.8 Å². The lowest BCUT2D eigenvalue weighted by atomic mass is 9.35. The predicted molar refractivity (Wildman–Crippen MR) is 225 cm³/mol. The zero-order valence-corrected chi connectivity index (χ0v) is 37.9. The van der Waals surface area contributed by atoms with E-state index in [4.69, 9.17) is 14.2 Å². The Labute approximate surface area is 344 Å². The third-order valence-electron chi connectivity index (χ3n) is 16.4. The van der Waals surface area contributed by atoms with Crippen molar-refractivity contribution in [1.29, 1.82) is 0 Å². The number of ether oxygens (including phenoxy) is 3. The van der Waals surface area contributed by atoms with Gasteiger partial charge in [0.25, 0.3) is 0 Å². The first kappa shape index (κ1) is 44.2. The second-order valence-electron chi connectivity index (χ2n) is 23.3. The molecule has 9 heteroatoms. The highest BCUT2D eigenvalue weighted by Gasteiger charge is 2.72. The van der Waals surface area contributed by atoms with Crippen molar-refractivity contribution in [2.24, 2.45) is 45.3 Å². The van der Waals surface area contributed by atoms with E-state index in [0.29, 0.717) is 18.3 Å². The molecule has 0 bridgehead atoms. The van der Waals surface area contributed by atoms with E-state index in [2.05, 4.69) is 52.2 Å². The molecule has 0 aromatic heterocycles. The Morgan fingerprint density at radius 1 is 0.825 bits per heavy atom. The predicted octanol–water partition coefficient (Wildman–Crippen LogP) is 9.15. The number of fused-ring (bicyclic) bond motifs is 5. The van der Waals surface area contributed by atoms with Gasteiger partial charge in [-0.25, -0.2) is 4.79 Å². The van der Waals surface area contributed by atoms with Gasteiger partial charge in [0.05, 0.1) is 23.4 Å². The smallest absolute Gasteiger partial charge is 0.408 e. The molecule has 1 aromatic rings. The Hall–Kier alpha value is -2.36. The first-order valence-electron chi connectivity index (χ1n) is 22.2. The second kappa shape index (κ2) is 14.7. The molecule has 5 fully saturated rings. The van der Waals surface area contributed by atoms with E-state index in [1.54, 1.807) is 0 Å². The van der Waals surface area contributed by atoms with E-state index >= 15 is 0 Å². The van der Waals surface area contributed by atoms with Crippen LogP contribution in [0.3, 0.4) is 0 Å². The molecule has 0 unspecified atom stereocenters. The van der Waals surface area contributed by atoms with Crippen LogP contribution in [0.4, 0.5) is 4.79 Å². The molecule has 5 aliphatic rings. The van der Waals surface area contributed by atoms with E-state index < -0.39 is 29.4 Å². The maximum absolute atomic E-state index is 14.4. The molecule has 1 aromatic carbocycles. The summed E-state index contributed by atoms with van der Waals surface area (Å²) in [4.78, 5) is 27.5. The summed E-state index contributed by atoms with van der Waals surface area (Å²) in [5, 5.41) is 29.6. The number of hydrogen-bond acceptors (Lipinski definition) is 7. The minimum atomic E-state index is -0.885. The largest absolute Gasteiger partial charge is 0.488 e. The summed E-state index contributed by atoms with van der Waals surface area (Å²) in [6.45, 7) is 29.6. The van der Waals surface area contributed by atoms with Crippen LogP contribution in [-0.4, -0.2) is 68.9 Å². The van der Waals surface area contributed by atoms with Crippen LogP contribution in [0.15, 0.2) is 24.3 Å². The van der Waals surface area contributed by atoms with Crippen molar-refractivity contribution >= 4 is 12.0 Å². The van der Waals surface area contributed by atoms with Crippen LogP contribution in [0, 0.1) is 45.3 Å². The average molecular weight is 795 g/mol. The number of aliphatic hydroxyl groups excluding tert-OH is 1. The van der Waals surface area contributed by atoms with Gasteiger partial charge in [0, 0.05) is 12.5 Å². The molecule has 12 atom stereocenters. The fraction of sp³-hybridized carbons (Fsp3) is 0.833. The molecular weight excluding hydrogens is 717 g/mol. The summed E-state index contributed by atoms with van der Waals surface area (Å²) in [6, 6.07) is 6.84. The molecule has 322 valence electrons. The van der Waals surface area contributed by atoms with Gasteiger partial charge in [-0.2, -0.15) is 0 Å². The van der Waals surface area contributed by atoms with Crippen LogP contribution >= 0.6 is 0 Å². The van der Waals surface area contributed by atoms with Gasteiger partial charge in [0.15, 0.2) is 0 Å². The van der Waals surface area contributed by atoms with E-state index in [0.717, 1.165) is 69.1 Å². The number of benzene rings is 1. The lowest BCUT2D eigenvalue weighted by Crippen LogP contribution is -2.68. The number of alkyl carbamates (subject to hydrolysis) is 1.